The molecule has 0 aromatic heterocycles. The summed E-state index contributed by atoms with van der Waals surface area (Å²) in [7, 11) is 0. The van der Waals surface area contributed by atoms with E-state index in [1.165, 1.54) is 12.1 Å². The molecular formula is C15H20F3NO2. The summed E-state index contributed by atoms with van der Waals surface area (Å²) >= 11 is 0. The maximum atomic E-state index is 12.6. The summed E-state index contributed by atoms with van der Waals surface area (Å²) in [6.07, 6.45) is -3.97. The summed E-state index contributed by atoms with van der Waals surface area (Å²) in [6.45, 7) is 4.18. The molecule has 21 heavy (non-hydrogen) atoms. The van der Waals surface area contributed by atoms with E-state index in [-0.39, 0.29) is 24.3 Å². The molecular weight excluding hydrogens is 283 g/mol. The van der Waals surface area contributed by atoms with E-state index in [0.717, 1.165) is 12.1 Å². The van der Waals surface area contributed by atoms with E-state index in [1.54, 1.807) is 0 Å². The number of hydrogen-bond donors (Lipinski definition) is 2. The van der Waals surface area contributed by atoms with Gasteiger partial charge in [-0.05, 0) is 23.5 Å². The van der Waals surface area contributed by atoms with Crippen LogP contribution in [0.3, 0.4) is 0 Å². The van der Waals surface area contributed by atoms with Gasteiger partial charge in [-0.1, -0.05) is 32.0 Å². The van der Waals surface area contributed by atoms with Crippen molar-refractivity contribution in [1.82, 2.24) is 5.32 Å². The van der Waals surface area contributed by atoms with Crippen LogP contribution in [0.2, 0.25) is 0 Å². The van der Waals surface area contributed by atoms with Gasteiger partial charge >= 0.3 is 6.18 Å². The Kier molecular flexibility index (Phi) is 5.78. The van der Waals surface area contributed by atoms with Gasteiger partial charge in [0.15, 0.2) is 0 Å². The fourth-order valence-corrected chi connectivity index (χ4v) is 1.83. The Morgan fingerprint density at radius 1 is 1.29 bits per heavy atom. The third-order valence-electron chi connectivity index (χ3n) is 3.17. The second-order valence-corrected chi connectivity index (χ2v) is 5.79. The van der Waals surface area contributed by atoms with Gasteiger partial charge in [-0.25, -0.2) is 0 Å². The zero-order chi connectivity index (χ0) is 16.1. The van der Waals surface area contributed by atoms with Crippen molar-refractivity contribution in [3.8, 4) is 0 Å². The Hall–Kier alpha value is -1.56. The van der Waals surface area contributed by atoms with Crippen LogP contribution in [0.4, 0.5) is 13.2 Å². The zero-order valence-corrected chi connectivity index (χ0v) is 12.1. The molecule has 0 radical (unpaired) electrons. The molecule has 0 unspecified atom stereocenters. The molecule has 1 rings (SSSR count). The van der Waals surface area contributed by atoms with Crippen molar-refractivity contribution in [3.05, 3.63) is 35.4 Å². The third kappa shape index (κ3) is 6.16. The average molecular weight is 303 g/mol. The highest BCUT2D eigenvalue weighted by Gasteiger charge is 2.30. The Morgan fingerprint density at radius 3 is 2.52 bits per heavy atom. The first kappa shape index (κ1) is 17.5. The van der Waals surface area contributed by atoms with Crippen molar-refractivity contribution in [2.24, 2.45) is 5.41 Å². The van der Waals surface area contributed by atoms with Crippen molar-refractivity contribution in [1.29, 1.82) is 0 Å². The van der Waals surface area contributed by atoms with Crippen molar-refractivity contribution >= 4 is 5.91 Å². The van der Waals surface area contributed by atoms with Gasteiger partial charge < -0.3 is 10.4 Å². The van der Waals surface area contributed by atoms with E-state index >= 15 is 0 Å². The van der Waals surface area contributed by atoms with Crippen LogP contribution in [0, 0.1) is 5.41 Å². The van der Waals surface area contributed by atoms with Gasteiger partial charge in [0, 0.05) is 13.2 Å². The predicted molar refractivity (Wildman–Crippen MR) is 73.6 cm³/mol. The van der Waals surface area contributed by atoms with E-state index in [2.05, 4.69) is 5.32 Å². The van der Waals surface area contributed by atoms with Crippen LogP contribution in [0.25, 0.3) is 0 Å². The number of halogens is 3. The van der Waals surface area contributed by atoms with E-state index < -0.39 is 11.7 Å². The van der Waals surface area contributed by atoms with Gasteiger partial charge in [-0.3, -0.25) is 4.79 Å². The lowest BCUT2D eigenvalue weighted by Crippen LogP contribution is -2.35. The molecule has 0 heterocycles. The summed E-state index contributed by atoms with van der Waals surface area (Å²) < 4.78 is 37.7. The molecule has 3 nitrogen and oxygen atoms in total. The van der Waals surface area contributed by atoms with Crippen LogP contribution < -0.4 is 5.32 Å². The summed E-state index contributed by atoms with van der Waals surface area (Å²) in [6, 6.07) is 4.75. The predicted octanol–water partition coefficient (Wildman–Crippen LogP) is 2.77. The van der Waals surface area contributed by atoms with E-state index in [4.69, 9.17) is 5.11 Å². The summed E-state index contributed by atoms with van der Waals surface area (Å²) in [5.41, 5.74) is -0.686. The van der Waals surface area contributed by atoms with E-state index in [0.29, 0.717) is 18.5 Å². The molecule has 1 aromatic carbocycles. The molecule has 0 atom stereocenters. The standard InChI is InChI=1S/C15H20F3NO2/c1-14(2,6-7-20)10-19-13(21)9-11-4-3-5-12(8-11)15(16,17)18/h3-5,8,20H,6-7,9-10H2,1-2H3,(H,19,21). The first-order chi connectivity index (χ1) is 9.64. The monoisotopic (exact) mass is 303 g/mol. The van der Waals surface area contributed by atoms with Gasteiger partial charge in [0.25, 0.3) is 0 Å². The fraction of sp³-hybridized carbons (Fsp3) is 0.533. The number of amides is 1. The second-order valence-electron chi connectivity index (χ2n) is 5.79. The molecule has 2 N–H and O–H groups in total. The minimum absolute atomic E-state index is 0.0243. The number of hydrogen-bond acceptors (Lipinski definition) is 2. The number of aliphatic hydroxyl groups is 1. The van der Waals surface area contributed by atoms with Crippen LogP contribution >= 0.6 is 0 Å². The SMILES string of the molecule is CC(C)(CCO)CNC(=O)Cc1cccc(C(F)(F)F)c1. The van der Waals surface area contributed by atoms with Gasteiger partial charge in [0.1, 0.15) is 0 Å². The van der Waals surface area contributed by atoms with Gasteiger partial charge in [-0.15, -0.1) is 0 Å². The molecule has 1 aromatic rings. The molecule has 0 spiro atoms. The van der Waals surface area contributed by atoms with Crippen molar-refractivity contribution < 1.29 is 23.1 Å². The molecule has 118 valence electrons. The first-order valence-corrected chi connectivity index (χ1v) is 6.68. The minimum atomic E-state index is -4.41. The highest BCUT2D eigenvalue weighted by molar-refractivity contribution is 5.78. The number of aliphatic hydroxyl groups excluding tert-OH is 1. The summed E-state index contributed by atoms with van der Waals surface area (Å²) in [4.78, 5) is 11.8. The molecule has 0 bridgehead atoms. The van der Waals surface area contributed by atoms with Crippen LogP contribution in [0.5, 0.6) is 0 Å². The Labute approximate surface area is 122 Å². The minimum Gasteiger partial charge on any atom is -0.396 e. The number of carbonyl (C=O) groups excluding carboxylic acids is 1. The molecule has 0 fully saturated rings. The third-order valence-corrected chi connectivity index (χ3v) is 3.17. The van der Waals surface area contributed by atoms with Crippen molar-refractivity contribution in [3.63, 3.8) is 0 Å². The molecule has 0 saturated heterocycles. The fourth-order valence-electron chi connectivity index (χ4n) is 1.83. The Balaban J connectivity index is 2.60. The molecule has 0 aliphatic heterocycles. The number of nitrogens with one attached hydrogen (secondary N) is 1. The quantitative estimate of drug-likeness (QED) is 0.849. The zero-order valence-electron chi connectivity index (χ0n) is 12.1. The maximum Gasteiger partial charge on any atom is 0.416 e. The van der Waals surface area contributed by atoms with Crippen LogP contribution in [-0.4, -0.2) is 24.2 Å². The van der Waals surface area contributed by atoms with E-state index in [1.807, 2.05) is 13.8 Å². The highest BCUT2D eigenvalue weighted by atomic mass is 19.4. The number of alkyl halides is 3. The Morgan fingerprint density at radius 2 is 1.95 bits per heavy atom. The average Bonchev–Trinajstić information content (AvgIpc) is 2.36. The normalized spacial score (nSPS) is 12.3. The van der Waals surface area contributed by atoms with E-state index in [9.17, 15) is 18.0 Å². The maximum absolute atomic E-state index is 12.6. The van der Waals surface area contributed by atoms with Gasteiger partial charge in [-0.2, -0.15) is 13.2 Å². The molecule has 0 saturated carbocycles. The second kappa shape index (κ2) is 6.93. The molecule has 1 amide bonds. The van der Waals surface area contributed by atoms with Gasteiger partial charge in [0.05, 0.1) is 12.0 Å². The molecule has 0 aliphatic rings. The van der Waals surface area contributed by atoms with Crippen LogP contribution in [0.1, 0.15) is 31.4 Å². The molecule has 0 aliphatic carbocycles. The van der Waals surface area contributed by atoms with Crippen molar-refractivity contribution in [2.45, 2.75) is 32.9 Å². The first-order valence-electron chi connectivity index (χ1n) is 6.68. The summed E-state index contributed by atoms with van der Waals surface area (Å²) in [5.74, 6) is -0.333. The highest BCUT2D eigenvalue weighted by Crippen LogP contribution is 2.29. The Bertz CT molecular complexity index is 484. The molecule has 6 heteroatoms. The number of rotatable bonds is 6. The van der Waals surface area contributed by atoms with Crippen LogP contribution in [0.15, 0.2) is 24.3 Å². The lowest BCUT2D eigenvalue weighted by Gasteiger charge is -2.23. The lowest BCUT2D eigenvalue weighted by molar-refractivity contribution is -0.137. The largest absolute Gasteiger partial charge is 0.416 e. The topological polar surface area (TPSA) is 49.3 Å². The lowest BCUT2D eigenvalue weighted by atomic mass is 9.89. The van der Waals surface area contributed by atoms with Crippen molar-refractivity contribution in [2.75, 3.05) is 13.2 Å². The summed E-state index contributed by atoms with van der Waals surface area (Å²) in [5, 5.41) is 11.6. The number of carbonyl (C=O) groups is 1. The smallest absolute Gasteiger partial charge is 0.396 e. The van der Waals surface area contributed by atoms with Crippen LogP contribution in [-0.2, 0) is 17.4 Å². The van der Waals surface area contributed by atoms with Gasteiger partial charge in [0.2, 0.25) is 5.91 Å². The number of benzene rings is 1.